The minimum Gasteiger partial charge on any atom is -0.445 e. The van der Waals surface area contributed by atoms with Crippen molar-refractivity contribution in [3.8, 4) is 0 Å². The molecule has 0 aromatic heterocycles. The van der Waals surface area contributed by atoms with Crippen molar-refractivity contribution in [3.05, 3.63) is 35.9 Å². The third-order valence-electron chi connectivity index (χ3n) is 8.00. The summed E-state index contributed by atoms with van der Waals surface area (Å²) in [5, 5.41) is 24.9. The Morgan fingerprint density at radius 1 is 1.16 bits per heavy atom. The van der Waals surface area contributed by atoms with E-state index in [2.05, 4.69) is 10.6 Å². The average molecular weight is 515 g/mol. The second-order valence-electron chi connectivity index (χ2n) is 10.8. The molecule has 37 heavy (non-hydrogen) atoms. The van der Waals surface area contributed by atoms with Crippen LogP contribution in [-0.4, -0.2) is 64.0 Å². The standard InChI is InChI=1S/C27H42BN3O6/c1-4-23(28(35)36)29-24(32)22(17-20-11-7-5-8-12-20)31-16-15-27(19(2)3,25(31)33)30-26(34)37-18-21-13-9-6-10-14-21/h6,9-10,13-14,19-20,22-23,35-36H,4-5,7-8,11-12,15-18H2,1-3H3,(H,29,32)(H,30,34)/t22-,23-,27?/m0/s1. The van der Waals surface area contributed by atoms with Crippen molar-refractivity contribution in [1.29, 1.82) is 0 Å². The highest BCUT2D eigenvalue weighted by Gasteiger charge is 2.53. The quantitative estimate of drug-likeness (QED) is 0.336. The first-order valence-electron chi connectivity index (χ1n) is 13.6. The highest BCUT2D eigenvalue weighted by molar-refractivity contribution is 6.43. The third kappa shape index (κ3) is 7.26. The van der Waals surface area contributed by atoms with Gasteiger partial charge in [-0.1, -0.05) is 83.2 Å². The zero-order chi connectivity index (χ0) is 27.0. The maximum absolute atomic E-state index is 13.9. The zero-order valence-corrected chi connectivity index (χ0v) is 22.3. The Bertz CT molecular complexity index is 909. The summed E-state index contributed by atoms with van der Waals surface area (Å²) in [5.74, 6) is -1.41. The van der Waals surface area contributed by atoms with Crippen molar-refractivity contribution in [2.75, 3.05) is 6.54 Å². The first-order chi connectivity index (χ1) is 17.7. The Morgan fingerprint density at radius 2 is 1.84 bits per heavy atom. The van der Waals surface area contributed by atoms with Crippen LogP contribution in [0.2, 0.25) is 0 Å². The number of benzene rings is 1. The summed E-state index contributed by atoms with van der Waals surface area (Å²) in [6.07, 6.45) is 5.94. The van der Waals surface area contributed by atoms with Crippen LogP contribution in [0.3, 0.4) is 0 Å². The van der Waals surface area contributed by atoms with E-state index in [1.165, 1.54) is 6.42 Å². The minimum atomic E-state index is -1.69. The number of hydrogen-bond donors (Lipinski definition) is 4. The van der Waals surface area contributed by atoms with E-state index in [1.807, 2.05) is 44.2 Å². The molecule has 0 spiro atoms. The number of hydrogen-bond acceptors (Lipinski definition) is 6. The third-order valence-corrected chi connectivity index (χ3v) is 8.00. The summed E-state index contributed by atoms with van der Waals surface area (Å²) < 4.78 is 5.42. The molecule has 1 heterocycles. The Kier molecular flexibility index (Phi) is 10.4. The van der Waals surface area contributed by atoms with Gasteiger partial charge < -0.3 is 30.3 Å². The zero-order valence-electron chi connectivity index (χ0n) is 22.3. The summed E-state index contributed by atoms with van der Waals surface area (Å²) >= 11 is 0. The molecule has 1 unspecified atom stereocenters. The predicted molar refractivity (Wildman–Crippen MR) is 141 cm³/mol. The number of rotatable bonds is 11. The molecule has 4 N–H and O–H groups in total. The van der Waals surface area contributed by atoms with E-state index in [1.54, 1.807) is 11.8 Å². The molecule has 1 aliphatic carbocycles. The van der Waals surface area contributed by atoms with Gasteiger partial charge in [0.05, 0.1) is 5.94 Å². The topological polar surface area (TPSA) is 128 Å². The molecule has 1 aliphatic heterocycles. The number of carbonyl (C=O) groups is 3. The van der Waals surface area contributed by atoms with Crippen LogP contribution < -0.4 is 10.6 Å². The van der Waals surface area contributed by atoms with E-state index in [4.69, 9.17) is 4.74 Å². The minimum absolute atomic E-state index is 0.0906. The fourth-order valence-electron chi connectivity index (χ4n) is 5.58. The van der Waals surface area contributed by atoms with Gasteiger partial charge in [-0.3, -0.25) is 9.59 Å². The SMILES string of the molecule is CC[C@H](NC(=O)[C@H](CC1CCCCC1)N1CCC(NC(=O)OCc2ccccc2)(C(C)C)C1=O)B(O)O. The maximum Gasteiger partial charge on any atom is 0.475 e. The van der Waals surface area contributed by atoms with E-state index in [-0.39, 0.29) is 24.3 Å². The monoisotopic (exact) mass is 515 g/mol. The molecule has 0 radical (unpaired) electrons. The second-order valence-corrected chi connectivity index (χ2v) is 10.8. The molecule has 2 aliphatic rings. The highest BCUT2D eigenvalue weighted by Crippen LogP contribution is 2.35. The number of alkyl carbamates (subject to hydrolysis) is 1. The molecular weight excluding hydrogens is 473 g/mol. The molecule has 204 valence electrons. The molecule has 1 saturated carbocycles. The van der Waals surface area contributed by atoms with E-state index in [9.17, 15) is 24.4 Å². The molecule has 0 bridgehead atoms. The summed E-state index contributed by atoms with van der Waals surface area (Å²) in [6.45, 7) is 5.93. The van der Waals surface area contributed by atoms with Gasteiger partial charge in [-0.2, -0.15) is 0 Å². The van der Waals surface area contributed by atoms with Gasteiger partial charge in [-0.05, 0) is 36.7 Å². The fourth-order valence-corrected chi connectivity index (χ4v) is 5.58. The average Bonchev–Trinajstić information content (AvgIpc) is 3.22. The lowest BCUT2D eigenvalue weighted by molar-refractivity contribution is -0.142. The van der Waals surface area contributed by atoms with Gasteiger partial charge in [-0.25, -0.2) is 4.79 Å². The van der Waals surface area contributed by atoms with E-state index < -0.39 is 30.7 Å². The van der Waals surface area contributed by atoms with Gasteiger partial charge >= 0.3 is 13.2 Å². The first-order valence-corrected chi connectivity index (χ1v) is 13.6. The van der Waals surface area contributed by atoms with E-state index in [0.29, 0.717) is 31.7 Å². The van der Waals surface area contributed by atoms with Crippen LogP contribution >= 0.6 is 0 Å². The normalized spacial score (nSPS) is 22.0. The van der Waals surface area contributed by atoms with Crippen molar-refractivity contribution in [2.45, 2.75) is 96.3 Å². The number of amides is 3. The summed E-state index contributed by atoms with van der Waals surface area (Å²) in [5.41, 5.74) is -0.337. The van der Waals surface area contributed by atoms with E-state index >= 15 is 0 Å². The van der Waals surface area contributed by atoms with Gasteiger partial charge in [0.15, 0.2) is 0 Å². The van der Waals surface area contributed by atoms with Crippen molar-refractivity contribution in [1.82, 2.24) is 15.5 Å². The Hall–Kier alpha value is -2.59. The van der Waals surface area contributed by atoms with Crippen molar-refractivity contribution < 1.29 is 29.2 Å². The molecule has 3 rings (SSSR count). The molecule has 1 aromatic carbocycles. The van der Waals surface area contributed by atoms with Crippen molar-refractivity contribution in [2.24, 2.45) is 11.8 Å². The summed E-state index contributed by atoms with van der Waals surface area (Å²) in [4.78, 5) is 41.7. The van der Waals surface area contributed by atoms with Crippen molar-refractivity contribution >= 4 is 25.0 Å². The first kappa shape index (κ1) is 29.0. The number of carbonyl (C=O) groups excluding carboxylic acids is 3. The maximum atomic E-state index is 13.9. The number of likely N-dealkylation sites (tertiary alicyclic amines) is 1. The van der Waals surface area contributed by atoms with Crippen LogP contribution in [-0.2, 0) is 20.9 Å². The lowest BCUT2D eigenvalue weighted by Gasteiger charge is -2.36. The molecule has 2 fully saturated rings. The lowest BCUT2D eigenvalue weighted by atomic mass is 9.77. The van der Waals surface area contributed by atoms with Crippen LogP contribution in [0, 0.1) is 11.8 Å². The van der Waals surface area contributed by atoms with E-state index in [0.717, 1.165) is 31.2 Å². The smallest absolute Gasteiger partial charge is 0.445 e. The molecule has 10 heteroatoms. The van der Waals surface area contributed by atoms with Crippen LogP contribution in [0.4, 0.5) is 4.79 Å². The molecule has 3 atom stereocenters. The number of nitrogens with zero attached hydrogens (tertiary/aromatic N) is 1. The molecule has 9 nitrogen and oxygen atoms in total. The molecule has 1 saturated heterocycles. The molecule has 1 aromatic rings. The summed E-state index contributed by atoms with van der Waals surface area (Å²) in [7, 11) is -1.69. The van der Waals surface area contributed by atoms with Crippen molar-refractivity contribution in [3.63, 3.8) is 0 Å². The van der Waals surface area contributed by atoms with Crippen LogP contribution in [0.25, 0.3) is 0 Å². The number of ether oxygens (including phenoxy) is 1. The van der Waals surface area contributed by atoms with Crippen LogP contribution in [0.1, 0.15) is 77.7 Å². The number of nitrogens with one attached hydrogen (secondary N) is 2. The second kappa shape index (κ2) is 13.3. The molecule has 3 amide bonds. The van der Waals surface area contributed by atoms with Crippen LogP contribution in [0.15, 0.2) is 30.3 Å². The van der Waals surface area contributed by atoms with Gasteiger partial charge in [0.25, 0.3) is 0 Å². The van der Waals surface area contributed by atoms with Crippen LogP contribution in [0.5, 0.6) is 0 Å². The largest absolute Gasteiger partial charge is 0.475 e. The Labute approximate surface area is 220 Å². The fraction of sp³-hybridized carbons (Fsp3) is 0.667. The van der Waals surface area contributed by atoms with Gasteiger partial charge in [0.1, 0.15) is 18.2 Å². The molecular formula is C27H42BN3O6. The summed E-state index contributed by atoms with van der Waals surface area (Å²) in [6, 6.07) is 8.57. The Morgan fingerprint density at radius 3 is 2.43 bits per heavy atom. The predicted octanol–water partition coefficient (Wildman–Crippen LogP) is 2.79. The Balaban J connectivity index is 1.77. The van der Waals surface area contributed by atoms with Gasteiger partial charge in [0, 0.05) is 6.54 Å². The van der Waals surface area contributed by atoms with Gasteiger partial charge in [0.2, 0.25) is 11.8 Å². The van der Waals surface area contributed by atoms with Gasteiger partial charge in [-0.15, -0.1) is 0 Å². The highest BCUT2D eigenvalue weighted by atomic mass is 16.5. The lowest BCUT2D eigenvalue weighted by Crippen LogP contribution is -2.60.